The molecule has 1 aliphatic carbocycles. The molecule has 3 amide bonds. The third-order valence-electron chi connectivity index (χ3n) is 5.86. The number of hydrogen-bond acceptors (Lipinski definition) is 5. The molecule has 1 heterocycles. The fourth-order valence-corrected chi connectivity index (χ4v) is 4.16. The number of halogens is 4. The zero-order chi connectivity index (χ0) is 24.6. The number of rotatable bonds is 8. The maximum Gasteiger partial charge on any atom is 0.573 e. The van der Waals surface area contributed by atoms with Crippen molar-refractivity contribution in [2.45, 2.75) is 61.8 Å². The quantitative estimate of drug-likeness (QED) is 0.426. The zero-order valence-corrected chi connectivity index (χ0v) is 18.4. The maximum absolute atomic E-state index is 13.4. The van der Waals surface area contributed by atoms with Gasteiger partial charge < -0.3 is 20.7 Å². The van der Waals surface area contributed by atoms with Gasteiger partial charge in [0, 0.05) is 6.54 Å². The second kappa shape index (κ2) is 9.20. The Morgan fingerprint density at radius 3 is 2.30 bits per heavy atom. The molecule has 3 atom stereocenters. The zero-order valence-electron chi connectivity index (χ0n) is 17.7. The molecular weight excluding hydrogens is 467 g/mol. The Hall–Kier alpha value is -2.82. The van der Waals surface area contributed by atoms with Crippen molar-refractivity contribution in [1.29, 1.82) is 0 Å². The third-order valence-corrected chi connectivity index (χ3v) is 6.08. The number of ether oxygens (including phenoxy) is 1. The van der Waals surface area contributed by atoms with Gasteiger partial charge in [0.15, 0.2) is 11.8 Å². The highest BCUT2D eigenvalue weighted by Crippen LogP contribution is 2.50. The van der Waals surface area contributed by atoms with E-state index in [9.17, 15) is 32.3 Å². The van der Waals surface area contributed by atoms with Crippen LogP contribution in [0.4, 0.5) is 13.2 Å². The van der Waals surface area contributed by atoms with E-state index in [0.717, 1.165) is 12.1 Å². The molecule has 3 rings (SSSR count). The number of nitrogens with two attached hydrogens (primary N) is 1. The molecule has 1 aromatic carbocycles. The van der Waals surface area contributed by atoms with E-state index >= 15 is 0 Å². The lowest BCUT2D eigenvalue weighted by atomic mass is 9.93. The summed E-state index contributed by atoms with van der Waals surface area (Å²) in [5, 5.41) is 1.25. The first-order valence-corrected chi connectivity index (χ1v) is 10.7. The summed E-state index contributed by atoms with van der Waals surface area (Å²) >= 11 is 5.73. The van der Waals surface area contributed by atoms with Crippen LogP contribution in [0.5, 0.6) is 5.75 Å². The van der Waals surface area contributed by atoms with Gasteiger partial charge in [0.25, 0.3) is 0 Å². The van der Waals surface area contributed by atoms with Crippen LogP contribution in [0.2, 0.25) is 0 Å². The van der Waals surface area contributed by atoms with E-state index in [1.54, 1.807) is 0 Å². The topological polar surface area (TPSA) is 119 Å². The first-order chi connectivity index (χ1) is 15.4. The minimum Gasteiger partial charge on any atom is -0.406 e. The van der Waals surface area contributed by atoms with Crippen molar-refractivity contribution in [3.8, 4) is 5.75 Å². The van der Waals surface area contributed by atoms with Crippen molar-refractivity contribution in [2.75, 3.05) is 6.54 Å². The van der Waals surface area contributed by atoms with Crippen LogP contribution >= 0.6 is 11.6 Å². The number of nitrogens with zero attached hydrogens (tertiary/aromatic N) is 1. The number of carbonyl (C=O) groups is 4. The predicted molar refractivity (Wildman–Crippen MR) is 110 cm³/mol. The Bertz CT molecular complexity index is 947. The number of Topliss-reactive ketones (excluding diaryl/α,β-unsaturated/α-hetero) is 1. The fraction of sp³-hybridized carbons (Fsp3) is 0.524. The highest BCUT2D eigenvalue weighted by Gasteiger charge is 2.55. The van der Waals surface area contributed by atoms with E-state index in [2.05, 4.69) is 10.1 Å². The summed E-state index contributed by atoms with van der Waals surface area (Å²) < 4.78 is 41.1. The van der Waals surface area contributed by atoms with Gasteiger partial charge in [-0.3, -0.25) is 19.2 Å². The van der Waals surface area contributed by atoms with Gasteiger partial charge >= 0.3 is 6.36 Å². The van der Waals surface area contributed by atoms with Crippen LogP contribution in [0.15, 0.2) is 24.3 Å². The number of hydrogen-bond donors (Lipinski definition) is 2. The fourth-order valence-electron chi connectivity index (χ4n) is 4.03. The Labute approximate surface area is 192 Å². The maximum atomic E-state index is 13.4. The van der Waals surface area contributed by atoms with E-state index in [0.29, 0.717) is 31.2 Å². The normalized spacial score (nSPS) is 21.1. The molecule has 1 aliphatic heterocycles. The molecular formula is C21H23ClF3N3O5. The molecule has 1 saturated carbocycles. The van der Waals surface area contributed by atoms with Gasteiger partial charge in [0.05, 0.1) is 10.8 Å². The van der Waals surface area contributed by atoms with Crippen molar-refractivity contribution < 1.29 is 37.1 Å². The number of nitrogens with one attached hydrogen (secondary N) is 1. The largest absolute Gasteiger partial charge is 0.573 e. The average molecular weight is 490 g/mol. The first-order valence-electron chi connectivity index (χ1n) is 10.3. The van der Waals surface area contributed by atoms with Crippen molar-refractivity contribution in [3.63, 3.8) is 0 Å². The molecule has 0 bridgehead atoms. The highest BCUT2D eigenvalue weighted by atomic mass is 35.5. The Kier molecular flexibility index (Phi) is 6.92. The summed E-state index contributed by atoms with van der Waals surface area (Å²) in [7, 11) is 0. The van der Waals surface area contributed by atoms with Crippen LogP contribution in [0, 0.1) is 0 Å². The molecule has 0 aromatic heterocycles. The van der Waals surface area contributed by atoms with E-state index in [1.807, 2.05) is 0 Å². The predicted octanol–water partition coefficient (Wildman–Crippen LogP) is 1.77. The summed E-state index contributed by atoms with van der Waals surface area (Å²) in [5.74, 6) is -3.24. The lowest BCUT2D eigenvalue weighted by Gasteiger charge is -2.29. The van der Waals surface area contributed by atoms with Crippen LogP contribution < -0.4 is 15.8 Å². The molecule has 8 nitrogen and oxygen atoms in total. The smallest absolute Gasteiger partial charge is 0.406 e. The van der Waals surface area contributed by atoms with Gasteiger partial charge in [-0.25, -0.2) is 0 Å². The Morgan fingerprint density at radius 2 is 1.82 bits per heavy atom. The second-order valence-electron chi connectivity index (χ2n) is 8.17. The molecule has 1 unspecified atom stereocenters. The van der Waals surface area contributed by atoms with E-state index in [1.165, 1.54) is 24.0 Å². The first kappa shape index (κ1) is 24.8. The lowest BCUT2D eigenvalue weighted by molar-refractivity contribution is -0.274. The van der Waals surface area contributed by atoms with Crippen LogP contribution in [-0.4, -0.2) is 58.8 Å². The third kappa shape index (κ3) is 5.40. The minimum atomic E-state index is -4.82. The summed E-state index contributed by atoms with van der Waals surface area (Å²) in [5.41, 5.74) is 4.81. The molecule has 1 saturated heterocycles. The van der Waals surface area contributed by atoms with Crippen LogP contribution in [0.1, 0.15) is 38.2 Å². The second-order valence-corrected chi connectivity index (χ2v) is 8.83. The molecule has 33 heavy (non-hydrogen) atoms. The summed E-state index contributed by atoms with van der Waals surface area (Å²) in [6, 6.07) is 2.56. The van der Waals surface area contributed by atoms with E-state index in [-0.39, 0.29) is 12.5 Å². The average Bonchev–Trinajstić information content (AvgIpc) is 3.39. The number of ketones is 1. The Balaban J connectivity index is 1.74. The molecule has 2 aliphatic rings. The summed E-state index contributed by atoms with van der Waals surface area (Å²) in [6.07, 6.45) is -3.03. The Morgan fingerprint density at radius 1 is 1.21 bits per heavy atom. The van der Waals surface area contributed by atoms with Gasteiger partial charge in [-0.1, -0.05) is 12.1 Å². The minimum absolute atomic E-state index is 0.287. The molecule has 2 fully saturated rings. The number of alkyl halides is 4. The van der Waals surface area contributed by atoms with Gasteiger partial charge in [-0.05, 0) is 50.3 Å². The van der Waals surface area contributed by atoms with Crippen molar-refractivity contribution >= 4 is 35.1 Å². The number of likely N-dealkylation sites (tertiary alicyclic amines) is 1. The number of benzene rings is 1. The number of amides is 3. The molecule has 0 spiro atoms. The molecule has 3 N–H and O–H groups in total. The SMILES string of the molecule is C[C@H](Cl)C(=O)C(NC(=O)[C@@H]1CCCN1C(=O)C1(c2ccc(OC(F)(F)F)cc2)CC1)C(N)=O. The lowest BCUT2D eigenvalue weighted by Crippen LogP contribution is -2.57. The van der Waals surface area contributed by atoms with Crippen molar-refractivity contribution in [2.24, 2.45) is 5.73 Å². The molecule has 0 radical (unpaired) electrons. The van der Waals surface area contributed by atoms with E-state index < -0.39 is 52.6 Å². The van der Waals surface area contributed by atoms with Crippen LogP contribution in [0.25, 0.3) is 0 Å². The number of primary amides is 1. The summed E-state index contributed by atoms with van der Waals surface area (Å²) in [4.78, 5) is 51.3. The van der Waals surface area contributed by atoms with Crippen LogP contribution in [-0.2, 0) is 24.6 Å². The van der Waals surface area contributed by atoms with Gasteiger partial charge in [0.2, 0.25) is 17.7 Å². The monoisotopic (exact) mass is 489 g/mol. The number of carbonyl (C=O) groups excluding carboxylic acids is 4. The van der Waals surface area contributed by atoms with Crippen LogP contribution in [0.3, 0.4) is 0 Å². The molecule has 12 heteroatoms. The van der Waals surface area contributed by atoms with Gasteiger partial charge in [-0.2, -0.15) is 0 Å². The van der Waals surface area contributed by atoms with Crippen molar-refractivity contribution in [1.82, 2.24) is 10.2 Å². The standard InChI is InChI=1S/C21H23ClF3N3O5/c1-11(22)16(29)15(17(26)30)27-18(31)14-3-2-10-28(14)19(32)20(8-9-20)12-4-6-13(7-5-12)33-21(23,24)25/h4-7,11,14-15H,2-3,8-10H2,1H3,(H2,26,30)(H,27,31)/t11-,14-,15?/m0/s1. The van der Waals surface area contributed by atoms with Gasteiger partial charge in [0.1, 0.15) is 11.8 Å². The van der Waals surface area contributed by atoms with Crippen molar-refractivity contribution in [3.05, 3.63) is 29.8 Å². The summed E-state index contributed by atoms with van der Waals surface area (Å²) in [6.45, 7) is 1.63. The van der Waals surface area contributed by atoms with E-state index in [4.69, 9.17) is 17.3 Å². The molecule has 1 aromatic rings. The highest BCUT2D eigenvalue weighted by molar-refractivity contribution is 6.33. The van der Waals surface area contributed by atoms with Gasteiger partial charge in [-0.15, -0.1) is 24.8 Å². The molecule has 180 valence electrons.